The van der Waals surface area contributed by atoms with E-state index in [1.807, 2.05) is 0 Å². The van der Waals surface area contributed by atoms with E-state index in [2.05, 4.69) is 27.4 Å². The molecule has 88 valence electrons. The normalized spacial score (nSPS) is 24.7. The number of rotatable bonds is 3. The summed E-state index contributed by atoms with van der Waals surface area (Å²) in [5, 5.41) is 10.6. The minimum atomic E-state index is 0.0858. The molecule has 0 aromatic carbocycles. The van der Waals surface area contributed by atoms with Gasteiger partial charge in [-0.05, 0) is 24.9 Å². The van der Waals surface area contributed by atoms with Crippen molar-refractivity contribution in [2.75, 3.05) is 18.5 Å². The maximum Gasteiger partial charge on any atom is 0.245 e. The Bertz CT molecular complexity index is 377. The smallest absolute Gasteiger partial charge is 0.245 e. The molecule has 0 radical (unpaired) electrons. The van der Waals surface area contributed by atoms with Crippen LogP contribution in [-0.4, -0.2) is 34.4 Å². The van der Waals surface area contributed by atoms with Gasteiger partial charge in [-0.2, -0.15) is 4.98 Å². The zero-order valence-corrected chi connectivity index (χ0v) is 10.3. The third-order valence-electron chi connectivity index (χ3n) is 2.68. The minimum Gasteiger partial charge on any atom is -0.378 e. The number of aromatic nitrogens is 3. The molecule has 7 heteroatoms. The quantitative estimate of drug-likeness (QED) is 0.903. The number of hydrogen-bond acceptors (Lipinski definition) is 5. The Morgan fingerprint density at radius 1 is 1.44 bits per heavy atom. The van der Waals surface area contributed by atoms with Gasteiger partial charge in [0.1, 0.15) is 0 Å². The fraction of sp³-hybridized carbons (Fsp3) is 0.667. The molecule has 5 nitrogen and oxygen atoms in total. The van der Waals surface area contributed by atoms with Crippen LogP contribution in [0.2, 0.25) is 10.4 Å². The molecule has 1 fully saturated rings. The predicted octanol–water partition coefficient (Wildman–Crippen LogP) is 2.02. The monoisotopic (exact) mass is 262 g/mol. The molecule has 1 saturated heterocycles. The van der Waals surface area contributed by atoms with Crippen LogP contribution in [0.1, 0.15) is 13.3 Å². The first kappa shape index (κ1) is 11.8. The first-order chi connectivity index (χ1) is 7.66. The standard InChI is InChI=1S/C9H12Cl2N4O/c1-5-6(2-3-16-5)4-12-8-7(10)14-15-9(11)13-8/h5-6H,2-4H2,1H3,(H,12,13,15). The molecule has 1 aliphatic heterocycles. The molecule has 0 saturated carbocycles. The van der Waals surface area contributed by atoms with Crippen molar-refractivity contribution in [1.82, 2.24) is 15.2 Å². The molecular weight excluding hydrogens is 251 g/mol. The highest BCUT2D eigenvalue weighted by molar-refractivity contribution is 6.32. The minimum absolute atomic E-state index is 0.0858. The molecule has 1 aromatic rings. The lowest BCUT2D eigenvalue weighted by molar-refractivity contribution is 0.108. The topological polar surface area (TPSA) is 59.9 Å². The van der Waals surface area contributed by atoms with Crippen molar-refractivity contribution < 1.29 is 4.74 Å². The maximum atomic E-state index is 5.83. The summed E-state index contributed by atoms with van der Waals surface area (Å²) in [4.78, 5) is 3.97. The van der Waals surface area contributed by atoms with E-state index in [1.165, 1.54) is 0 Å². The third-order valence-corrected chi connectivity index (χ3v) is 3.10. The molecular formula is C9H12Cl2N4O. The second-order valence-corrected chi connectivity index (χ2v) is 4.42. The molecule has 2 unspecified atom stereocenters. The van der Waals surface area contributed by atoms with Gasteiger partial charge in [0.15, 0.2) is 11.0 Å². The molecule has 1 N–H and O–H groups in total. The Hall–Kier alpha value is -0.650. The molecule has 16 heavy (non-hydrogen) atoms. The van der Waals surface area contributed by atoms with Crippen LogP contribution in [0.5, 0.6) is 0 Å². The van der Waals surface area contributed by atoms with E-state index < -0.39 is 0 Å². The summed E-state index contributed by atoms with van der Waals surface area (Å²) < 4.78 is 5.46. The molecule has 1 aromatic heterocycles. The summed E-state index contributed by atoms with van der Waals surface area (Å²) in [6, 6.07) is 0. The largest absolute Gasteiger partial charge is 0.378 e. The van der Waals surface area contributed by atoms with E-state index >= 15 is 0 Å². The molecule has 2 atom stereocenters. The fourth-order valence-corrected chi connectivity index (χ4v) is 1.95. The summed E-state index contributed by atoms with van der Waals surface area (Å²) in [6.45, 7) is 3.62. The lowest BCUT2D eigenvalue weighted by Crippen LogP contribution is -2.21. The van der Waals surface area contributed by atoms with Gasteiger partial charge in [0.2, 0.25) is 5.28 Å². The first-order valence-electron chi connectivity index (χ1n) is 5.08. The van der Waals surface area contributed by atoms with Crippen molar-refractivity contribution in [1.29, 1.82) is 0 Å². The summed E-state index contributed by atoms with van der Waals surface area (Å²) in [5.41, 5.74) is 0. The van der Waals surface area contributed by atoms with Crippen molar-refractivity contribution >= 4 is 29.0 Å². The van der Waals surface area contributed by atoms with Crippen molar-refractivity contribution in [2.24, 2.45) is 5.92 Å². The Kier molecular flexibility index (Phi) is 3.78. The van der Waals surface area contributed by atoms with Crippen molar-refractivity contribution in [3.05, 3.63) is 10.4 Å². The number of halogens is 2. The Morgan fingerprint density at radius 3 is 2.94 bits per heavy atom. The van der Waals surface area contributed by atoms with Crippen LogP contribution < -0.4 is 5.32 Å². The third kappa shape index (κ3) is 2.72. The first-order valence-corrected chi connectivity index (χ1v) is 5.83. The van der Waals surface area contributed by atoms with Gasteiger partial charge in [0.05, 0.1) is 6.10 Å². The zero-order valence-electron chi connectivity index (χ0n) is 8.78. The summed E-state index contributed by atoms with van der Waals surface area (Å²) in [5.74, 6) is 0.936. The van der Waals surface area contributed by atoms with E-state index in [-0.39, 0.29) is 16.5 Å². The number of hydrogen-bond donors (Lipinski definition) is 1. The Balaban J connectivity index is 1.96. The maximum absolute atomic E-state index is 5.83. The highest BCUT2D eigenvalue weighted by Crippen LogP contribution is 2.22. The molecule has 0 aliphatic carbocycles. The lowest BCUT2D eigenvalue weighted by Gasteiger charge is -2.15. The van der Waals surface area contributed by atoms with Crippen LogP contribution in [0.25, 0.3) is 0 Å². The second kappa shape index (κ2) is 5.12. The van der Waals surface area contributed by atoms with E-state index in [1.54, 1.807) is 0 Å². The summed E-state index contributed by atoms with van der Waals surface area (Å²) in [7, 11) is 0. The average molecular weight is 263 g/mol. The SMILES string of the molecule is CC1OCCC1CNc1nc(Cl)nnc1Cl. The van der Waals surface area contributed by atoms with Crippen molar-refractivity contribution in [3.8, 4) is 0 Å². The number of ether oxygens (including phenoxy) is 1. The number of anilines is 1. The van der Waals surface area contributed by atoms with E-state index in [9.17, 15) is 0 Å². The molecule has 2 heterocycles. The van der Waals surface area contributed by atoms with Gasteiger partial charge >= 0.3 is 0 Å². The van der Waals surface area contributed by atoms with Crippen molar-refractivity contribution in [2.45, 2.75) is 19.4 Å². The van der Waals surface area contributed by atoms with Crippen LogP contribution in [0.3, 0.4) is 0 Å². The Labute approximate surface area is 104 Å². The zero-order chi connectivity index (χ0) is 11.5. The van der Waals surface area contributed by atoms with Gasteiger partial charge < -0.3 is 10.1 Å². The highest BCUT2D eigenvalue weighted by atomic mass is 35.5. The molecule has 1 aliphatic rings. The Morgan fingerprint density at radius 2 is 2.25 bits per heavy atom. The van der Waals surface area contributed by atoms with Gasteiger partial charge in [-0.25, -0.2) is 0 Å². The van der Waals surface area contributed by atoms with Gasteiger partial charge in [-0.15, -0.1) is 10.2 Å². The number of nitrogens with one attached hydrogen (secondary N) is 1. The van der Waals surface area contributed by atoms with Gasteiger partial charge in [0.25, 0.3) is 0 Å². The second-order valence-electron chi connectivity index (χ2n) is 3.73. The summed E-state index contributed by atoms with van der Waals surface area (Å²) >= 11 is 11.5. The highest BCUT2D eigenvalue weighted by Gasteiger charge is 2.24. The molecule has 0 spiro atoms. The van der Waals surface area contributed by atoms with Crippen LogP contribution in [0.4, 0.5) is 5.82 Å². The molecule has 0 bridgehead atoms. The lowest BCUT2D eigenvalue weighted by atomic mass is 10.0. The van der Waals surface area contributed by atoms with Gasteiger partial charge in [0, 0.05) is 19.1 Å². The van der Waals surface area contributed by atoms with E-state index in [0.717, 1.165) is 19.6 Å². The van der Waals surface area contributed by atoms with Crippen LogP contribution in [-0.2, 0) is 4.74 Å². The predicted molar refractivity (Wildman–Crippen MR) is 61.9 cm³/mol. The van der Waals surface area contributed by atoms with Crippen LogP contribution >= 0.6 is 23.2 Å². The van der Waals surface area contributed by atoms with Gasteiger partial charge in [-0.1, -0.05) is 11.6 Å². The van der Waals surface area contributed by atoms with E-state index in [4.69, 9.17) is 27.9 Å². The van der Waals surface area contributed by atoms with Crippen molar-refractivity contribution in [3.63, 3.8) is 0 Å². The number of nitrogens with zero attached hydrogens (tertiary/aromatic N) is 3. The molecule has 2 rings (SSSR count). The van der Waals surface area contributed by atoms with Gasteiger partial charge in [-0.3, -0.25) is 0 Å². The van der Waals surface area contributed by atoms with Crippen LogP contribution in [0, 0.1) is 5.92 Å². The average Bonchev–Trinajstić information content (AvgIpc) is 2.66. The summed E-state index contributed by atoms with van der Waals surface area (Å²) in [6.07, 6.45) is 1.30. The van der Waals surface area contributed by atoms with E-state index in [0.29, 0.717) is 11.7 Å². The fourth-order valence-electron chi connectivity index (χ4n) is 1.68. The van der Waals surface area contributed by atoms with Crippen LogP contribution in [0.15, 0.2) is 0 Å². The molecule has 0 amide bonds.